The molecule has 3 rings (SSSR count). The van der Waals surface area contributed by atoms with Crippen LogP contribution in [0.1, 0.15) is 72.1 Å². The summed E-state index contributed by atoms with van der Waals surface area (Å²) in [5.74, 6) is 2.05. The van der Waals surface area contributed by atoms with Crippen molar-refractivity contribution in [3.63, 3.8) is 0 Å². The van der Waals surface area contributed by atoms with E-state index < -0.39 is 5.60 Å². The molecule has 0 aromatic carbocycles. The molecule has 3 saturated carbocycles. The third-order valence-corrected chi connectivity index (χ3v) is 5.82. The molecule has 0 bridgehead atoms. The zero-order valence-electron chi connectivity index (χ0n) is 16.2. The number of rotatable bonds is 7. The Kier molecular flexibility index (Phi) is 6.26. The Balaban J connectivity index is 1.20. The molecule has 3 aliphatic carbocycles. The highest BCUT2D eigenvalue weighted by Gasteiger charge is 2.47. The van der Waals surface area contributed by atoms with E-state index in [9.17, 15) is 4.79 Å². The van der Waals surface area contributed by atoms with Crippen LogP contribution in [0.2, 0.25) is 0 Å². The van der Waals surface area contributed by atoms with Gasteiger partial charge in [0.05, 0.1) is 6.10 Å². The normalized spacial score (nSPS) is 34.4. The molecule has 1 amide bonds. The minimum atomic E-state index is -0.433. The Morgan fingerprint density at radius 2 is 1.84 bits per heavy atom. The van der Waals surface area contributed by atoms with Crippen LogP contribution in [0.4, 0.5) is 4.79 Å². The fraction of sp³-hybridized carbons (Fsp3) is 0.950. The smallest absolute Gasteiger partial charge is 0.407 e. The van der Waals surface area contributed by atoms with Gasteiger partial charge in [-0.15, -0.1) is 0 Å². The molecule has 3 aliphatic rings. The molecule has 144 valence electrons. The van der Waals surface area contributed by atoms with Crippen LogP contribution >= 0.6 is 0 Å². The lowest BCUT2D eigenvalue weighted by atomic mass is 9.93. The van der Waals surface area contributed by atoms with Crippen LogP contribution in [0.5, 0.6) is 0 Å². The topological polar surface area (TPSA) is 59.6 Å². The van der Waals surface area contributed by atoms with E-state index in [1.807, 2.05) is 20.8 Å². The lowest BCUT2D eigenvalue weighted by molar-refractivity contribution is 0.0169. The average molecular weight is 353 g/mol. The predicted molar refractivity (Wildman–Crippen MR) is 98.6 cm³/mol. The molecule has 0 aromatic heterocycles. The summed E-state index contributed by atoms with van der Waals surface area (Å²) < 4.78 is 11.4. The second-order valence-corrected chi connectivity index (χ2v) is 9.14. The zero-order valence-corrected chi connectivity index (χ0v) is 16.2. The lowest BCUT2D eigenvalue weighted by Gasteiger charge is -2.30. The average Bonchev–Trinajstić information content (AvgIpc) is 3.20. The molecular weight excluding hydrogens is 316 g/mol. The second kappa shape index (κ2) is 8.26. The summed E-state index contributed by atoms with van der Waals surface area (Å²) in [5, 5.41) is 6.70. The molecule has 3 fully saturated rings. The summed E-state index contributed by atoms with van der Waals surface area (Å²) in [6.45, 7) is 7.61. The van der Waals surface area contributed by atoms with Gasteiger partial charge in [0.2, 0.25) is 0 Å². The second-order valence-electron chi connectivity index (χ2n) is 9.14. The summed E-state index contributed by atoms with van der Waals surface area (Å²) in [4.78, 5) is 11.8. The predicted octanol–water partition coefficient (Wildman–Crippen LogP) is 3.62. The lowest BCUT2D eigenvalue weighted by Crippen LogP contribution is -2.42. The fourth-order valence-electron chi connectivity index (χ4n) is 4.41. The molecular formula is C20H36N2O3. The third-order valence-electron chi connectivity index (χ3n) is 5.82. The van der Waals surface area contributed by atoms with Crippen molar-refractivity contribution in [2.24, 2.45) is 11.8 Å². The molecule has 5 nitrogen and oxygen atoms in total. The third kappa shape index (κ3) is 6.14. The zero-order chi connectivity index (χ0) is 17.9. The van der Waals surface area contributed by atoms with Crippen molar-refractivity contribution in [3.8, 4) is 0 Å². The number of alkyl carbamates (subject to hydrolysis) is 1. The molecule has 5 heteroatoms. The van der Waals surface area contributed by atoms with Crippen molar-refractivity contribution in [1.29, 1.82) is 0 Å². The van der Waals surface area contributed by atoms with Gasteiger partial charge in [-0.25, -0.2) is 4.79 Å². The summed E-state index contributed by atoms with van der Waals surface area (Å²) in [6.07, 6.45) is 9.47. The standard InChI is InChI=1S/C20H36N2O3/c1-20(2,3)25-19(23)22-15-6-8-16(9-7-15)24-12-4-11-21-18-10-5-14-13-17(14)18/h14-18,21H,4-13H2,1-3H3,(H,22,23). The van der Waals surface area contributed by atoms with Gasteiger partial charge in [-0.2, -0.15) is 0 Å². The van der Waals surface area contributed by atoms with Crippen LogP contribution in [0, 0.1) is 11.8 Å². The van der Waals surface area contributed by atoms with Crippen molar-refractivity contribution in [2.45, 2.75) is 95.9 Å². The van der Waals surface area contributed by atoms with E-state index in [0.29, 0.717) is 6.10 Å². The van der Waals surface area contributed by atoms with Crippen LogP contribution in [0.3, 0.4) is 0 Å². The first-order chi connectivity index (χ1) is 11.9. The van der Waals surface area contributed by atoms with Gasteiger partial charge in [-0.05, 0) is 90.5 Å². The Labute approximate surface area is 152 Å². The summed E-state index contributed by atoms with van der Waals surface area (Å²) in [7, 11) is 0. The van der Waals surface area contributed by atoms with Crippen molar-refractivity contribution in [2.75, 3.05) is 13.2 Å². The molecule has 2 N–H and O–H groups in total. The molecule has 3 atom stereocenters. The first-order valence-electron chi connectivity index (χ1n) is 10.3. The number of carbonyl (C=O) groups excluding carboxylic acids is 1. The van der Waals surface area contributed by atoms with Crippen LogP contribution in [0.15, 0.2) is 0 Å². The summed E-state index contributed by atoms with van der Waals surface area (Å²) in [6, 6.07) is 1.02. The van der Waals surface area contributed by atoms with Crippen LogP contribution in [-0.2, 0) is 9.47 Å². The number of ether oxygens (including phenoxy) is 2. The van der Waals surface area contributed by atoms with Gasteiger partial charge in [0.15, 0.2) is 0 Å². The number of hydrogen-bond acceptors (Lipinski definition) is 4. The van der Waals surface area contributed by atoms with E-state index in [4.69, 9.17) is 9.47 Å². The highest BCUT2D eigenvalue weighted by molar-refractivity contribution is 5.68. The van der Waals surface area contributed by atoms with Crippen LogP contribution < -0.4 is 10.6 Å². The molecule has 3 unspecified atom stereocenters. The quantitative estimate of drug-likeness (QED) is 0.687. The Morgan fingerprint density at radius 1 is 1.08 bits per heavy atom. The van der Waals surface area contributed by atoms with Crippen molar-refractivity contribution in [3.05, 3.63) is 0 Å². The van der Waals surface area contributed by atoms with Gasteiger partial charge in [-0.1, -0.05) is 0 Å². The minimum absolute atomic E-state index is 0.227. The molecule has 25 heavy (non-hydrogen) atoms. The van der Waals surface area contributed by atoms with Gasteiger partial charge in [0.1, 0.15) is 5.60 Å². The maximum Gasteiger partial charge on any atom is 0.407 e. The molecule has 0 spiro atoms. The highest BCUT2D eigenvalue weighted by atomic mass is 16.6. The van der Waals surface area contributed by atoms with Gasteiger partial charge >= 0.3 is 6.09 Å². The van der Waals surface area contributed by atoms with E-state index in [2.05, 4.69) is 10.6 Å². The highest BCUT2D eigenvalue weighted by Crippen LogP contribution is 2.51. The largest absolute Gasteiger partial charge is 0.444 e. The van der Waals surface area contributed by atoms with Gasteiger partial charge in [0, 0.05) is 18.7 Å². The Bertz CT molecular complexity index is 441. The summed E-state index contributed by atoms with van der Waals surface area (Å²) in [5.41, 5.74) is -0.433. The molecule has 0 aromatic rings. The Morgan fingerprint density at radius 3 is 2.44 bits per heavy atom. The minimum Gasteiger partial charge on any atom is -0.444 e. The summed E-state index contributed by atoms with van der Waals surface area (Å²) >= 11 is 0. The van der Waals surface area contributed by atoms with E-state index in [1.165, 1.54) is 19.3 Å². The first-order valence-corrected chi connectivity index (χ1v) is 10.3. The molecule has 0 saturated heterocycles. The fourth-order valence-corrected chi connectivity index (χ4v) is 4.41. The molecule has 0 heterocycles. The van der Waals surface area contributed by atoms with Gasteiger partial charge < -0.3 is 20.1 Å². The van der Waals surface area contributed by atoms with Crippen LogP contribution in [-0.4, -0.2) is 43.0 Å². The maximum absolute atomic E-state index is 11.8. The van der Waals surface area contributed by atoms with Gasteiger partial charge in [-0.3, -0.25) is 0 Å². The number of hydrogen-bond donors (Lipinski definition) is 2. The van der Waals surface area contributed by atoms with Crippen molar-refractivity contribution in [1.82, 2.24) is 10.6 Å². The molecule has 0 radical (unpaired) electrons. The number of amides is 1. The van der Waals surface area contributed by atoms with E-state index in [-0.39, 0.29) is 12.1 Å². The monoisotopic (exact) mass is 352 g/mol. The number of nitrogens with one attached hydrogen (secondary N) is 2. The van der Waals surface area contributed by atoms with Crippen molar-refractivity contribution < 1.29 is 14.3 Å². The molecule has 0 aliphatic heterocycles. The van der Waals surface area contributed by atoms with E-state index >= 15 is 0 Å². The maximum atomic E-state index is 11.8. The van der Waals surface area contributed by atoms with Crippen LogP contribution in [0.25, 0.3) is 0 Å². The number of fused-ring (bicyclic) bond motifs is 1. The Hall–Kier alpha value is -0.810. The van der Waals surface area contributed by atoms with E-state index in [1.54, 1.807) is 0 Å². The first kappa shape index (κ1) is 19.0. The van der Waals surface area contributed by atoms with Crippen molar-refractivity contribution >= 4 is 6.09 Å². The van der Waals surface area contributed by atoms with E-state index in [0.717, 1.165) is 63.1 Å². The SMILES string of the molecule is CC(C)(C)OC(=O)NC1CCC(OCCCNC2CCC3CC32)CC1. The van der Waals surface area contributed by atoms with Gasteiger partial charge in [0.25, 0.3) is 0 Å². The number of carbonyl (C=O) groups is 1.